The minimum Gasteiger partial charge on any atom is -0.484 e. The Balaban J connectivity index is 2.67. The van der Waals surface area contributed by atoms with Crippen molar-refractivity contribution in [3.63, 3.8) is 0 Å². The van der Waals surface area contributed by atoms with E-state index in [1.807, 2.05) is 0 Å². The molecule has 0 spiro atoms. The Bertz CT molecular complexity index is 478. The molecule has 1 atom stereocenters. The summed E-state index contributed by atoms with van der Waals surface area (Å²) < 4.78 is 45.7. The average Bonchev–Trinajstić information content (AvgIpc) is 2.33. The molecule has 7 heteroatoms. The second-order valence-electron chi connectivity index (χ2n) is 5.48. The van der Waals surface area contributed by atoms with Crippen molar-refractivity contribution in [1.82, 2.24) is 0 Å². The molecule has 0 aliphatic carbocycles. The van der Waals surface area contributed by atoms with Crippen LogP contribution in [0.3, 0.4) is 0 Å². The van der Waals surface area contributed by atoms with Gasteiger partial charge in [0.25, 0.3) is 0 Å². The molecule has 0 bridgehead atoms. The number of rotatable bonds is 4. The van der Waals surface area contributed by atoms with E-state index in [4.69, 9.17) is 10.5 Å². The van der Waals surface area contributed by atoms with Gasteiger partial charge in [-0.1, -0.05) is 12.1 Å². The molecule has 0 aromatic heterocycles. The van der Waals surface area contributed by atoms with Gasteiger partial charge in [-0.3, -0.25) is 0 Å². The molecule has 0 radical (unpaired) electrons. The van der Waals surface area contributed by atoms with E-state index in [-0.39, 0.29) is 5.75 Å². The maximum atomic E-state index is 12.0. The standard InChI is InChI=1S/C14H18F3NO3/c1-13(2,3)21-12(19)11(18)9-4-6-10(7-5-9)20-8-14(15,16)17/h4-7,11H,8,18H2,1-3H3. The van der Waals surface area contributed by atoms with Crippen molar-refractivity contribution in [2.24, 2.45) is 5.73 Å². The second kappa shape index (κ2) is 6.34. The normalized spacial score (nSPS) is 13.7. The molecule has 0 heterocycles. The van der Waals surface area contributed by atoms with E-state index in [2.05, 4.69) is 4.74 Å². The number of alkyl halides is 3. The monoisotopic (exact) mass is 305 g/mol. The minimum absolute atomic E-state index is 0.0486. The van der Waals surface area contributed by atoms with Crippen LogP contribution in [0.5, 0.6) is 5.75 Å². The molecular formula is C14H18F3NO3. The quantitative estimate of drug-likeness (QED) is 0.869. The molecule has 0 fully saturated rings. The van der Waals surface area contributed by atoms with E-state index in [1.165, 1.54) is 24.3 Å². The summed E-state index contributed by atoms with van der Waals surface area (Å²) in [7, 11) is 0. The summed E-state index contributed by atoms with van der Waals surface area (Å²) in [5.41, 5.74) is 5.52. The van der Waals surface area contributed by atoms with Gasteiger partial charge in [0.2, 0.25) is 0 Å². The molecule has 118 valence electrons. The average molecular weight is 305 g/mol. The van der Waals surface area contributed by atoms with Gasteiger partial charge in [-0.15, -0.1) is 0 Å². The molecule has 0 saturated heterocycles. The van der Waals surface area contributed by atoms with E-state index in [9.17, 15) is 18.0 Å². The van der Waals surface area contributed by atoms with Crippen LogP contribution in [0, 0.1) is 0 Å². The Labute approximate surface area is 121 Å². The Morgan fingerprint density at radius 3 is 2.14 bits per heavy atom. The predicted molar refractivity (Wildman–Crippen MR) is 70.8 cm³/mol. The summed E-state index contributed by atoms with van der Waals surface area (Å²) in [5, 5.41) is 0. The zero-order chi connectivity index (χ0) is 16.3. The first kappa shape index (κ1) is 17.3. The maximum Gasteiger partial charge on any atom is 0.422 e. The fourth-order valence-corrected chi connectivity index (χ4v) is 1.44. The summed E-state index contributed by atoms with van der Waals surface area (Å²) in [6.07, 6.45) is -4.40. The van der Waals surface area contributed by atoms with Crippen molar-refractivity contribution in [3.05, 3.63) is 29.8 Å². The molecule has 21 heavy (non-hydrogen) atoms. The molecule has 1 aromatic rings. The van der Waals surface area contributed by atoms with E-state index >= 15 is 0 Å². The number of hydrogen-bond donors (Lipinski definition) is 1. The highest BCUT2D eigenvalue weighted by molar-refractivity contribution is 5.77. The highest BCUT2D eigenvalue weighted by Crippen LogP contribution is 2.22. The van der Waals surface area contributed by atoms with Gasteiger partial charge in [-0.05, 0) is 38.5 Å². The lowest BCUT2D eigenvalue weighted by atomic mass is 10.1. The predicted octanol–water partition coefficient (Wildman–Crippen LogP) is 2.97. The number of benzene rings is 1. The zero-order valence-electron chi connectivity index (χ0n) is 12.0. The van der Waals surface area contributed by atoms with Gasteiger partial charge in [0.05, 0.1) is 0 Å². The van der Waals surface area contributed by atoms with E-state index in [0.717, 1.165) is 0 Å². The van der Waals surface area contributed by atoms with E-state index < -0.39 is 30.4 Å². The number of hydrogen-bond acceptors (Lipinski definition) is 4. The fourth-order valence-electron chi connectivity index (χ4n) is 1.44. The van der Waals surface area contributed by atoms with Gasteiger partial charge in [0.1, 0.15) is 17.4 Å². The van der Waals surface area contributed by atoms with Gasteiger partial charge in [0, 0.05) is 0 Å². The van der Waals surface area contributed by atoms with Crippen molar-refractivity contribution in [2.45, 2.75) is 38.6 Å². The summed E-state index contributed by atoms with van der Waals surface area (Å²) >= 11 is 0. The maximum absolute atomic E-state index is 12.0. The number of ether oxygens (including phenoxy) is 2. The van der Waals surface area contributed by atoms with Crippen LogP contribution in [0.25, 0.3) is 0 Å². The minimum atomic E-state index is -4.40. The van der Waals surface area contributed by atoms with Crippen molar-refractivity contribution >= 4 is 5.97 Å². The van der Waals surface area contributed by atoms with Gasteiger partial charge >= 0.3 is 12.1 Å². The van der Waals surface area contributed by atoms with E-state index in [0.29, 0.717) is 5.56 Å². The lowest BCUT2D eigenvalue weighted by molar-refractivity contribution is -0.156. The molecule has 0 aliphatic heterocycles. The lowest BCUT2D eigenvalue weighted by Gasteiger charge is -2.22. The van der Waals surface area contributed by atoms with Crippen LogP contribution in [-0.2, 0) is 9.53 Å². The summed E-state index contributed by atoms with van der Waals surface area (Å²) in [5.74, 6) is -0.557. The van der Waals surface area contributed by atoms with Crippen molar-refractivity contribution in [1.29, 1.82) is 0 Å². The highest BCUT2D eigenvalue weighted by Gasteiger charge is 2.28. The van der Waals surface area contributed by atoms with Crippen molar-refractivity contribution in [3.8, 4) is 5.75 Å². The highest BCUT2D eigenvalue weighted by atomic mass is 19.4. The van der Waals surface area contributed by atoms with Crippen LogP contribution in [0.2, 0.25) is 0 Å². The van der Waals surface area contributed by atoms with Crippen molar-refractivity contribution in [2.75, 3.05) is 6.61 Å². The number of carbonyl (C=O) groups is 1. The third-order valence-electron chi connectivity index (χ3n) is 2.30. The number of nitrogens with two attached hydrogens (primary N) is 1. The summed E-state index contributed by atoms with van der Waals surface area (Å²) in [6, 6.07) is 4.51. The van der Waals surface area contributed by atoms with Crippen LogP contribution in [0.4, 0.5) is 13.2 Å². The fraction of sp³-hybridized carbons (Fsp3) is 0.500. The SMILES string of the molecule is CC(C)(C)OC(=O)C(N)c1ccc(OCC(F)(F)F)cc1. The van der Waals surface area contributed by atoms with Crippen LogP contribution in [0.1, 0.15) is 32.4 Å². The number of esters is 1. The molecule has 0 amide bonds. The summed E-state index contributed by atoms with van der Waals surface area (Å²) in [6.45, 7) is 3.77. The third kappa shape index (κ3) is 6.48. The molecule has 1 unspecified atom stereocenters. The van der Waals surface area contributed by atoms with Gasteiger partial charge in [-0.25, -0.2) is 4.79 Å². The van der Waals surface area contributed by atoms with Crippen LogP contribution >= 0.6 is 0 Å². The number of carbonyl (C=O) groups excluding carboxylic acids is 1. The largest absolute Gasteiger partial charge is 0.484 e. The van der Waals surface area contributed by atoms with Crippen LogP contribution in [-0.4, -0.2) is 24.4 Å². The topological polar surface area (TPSA) is 61.5 Å². The van der Waals surface area contributed by atoms with Gasteiger partial charge in [0.15, 0.2) is 6.61 Å². The van der Waals surface area contributed by atoms with Crippen LogP contribution in [0.15, 0.2) is 24.3 Å². The second-order valence-corrected chi connectivity index (χ2v) is 5.48. The molecular weight excluding hydrogens is 287 g/mol. The molecule has 0 aliphatic rings. The first-order chi connectivity index (χ1) is 9.48. The Kier molecular flexibility index (Phi) is 5.22. The van der Waals surface area contributed by atoms with Gasteiger partial charge in [-0.2, -0.15) is 13.2 Å². The van der Waals surface area contributed by atoms with Crippen molar-refractivity contribution < 1.29 is 27.4 Å². The smallest absolute Gasteiger partial charge is 0.422 e. The van der Waals surface area contributed by atoms with E-state index in [1.54, 1.807) is 20.8 Å². The Morgan fingerprint density at radius 2 is 1.71 bits per heavy atom. The lowest BCUT2D eigenvalue weighted by Crippen LogP contribution is -2.31. The molecule has 0 saturated carbocycles. The Hall–Kier alpha value is -1.76. The molecule has 1 aromatic carbocycles. The molecule has 4 nitrogen and oxygen atoms in total. The first-order valence-electron chi connectivity index (χ1n) is 6.26. The third-order valence-corrected chi connectivity index (χ3v) is 2.30. The van der Waals surface area contributed by atoms with Gasteiger partial charge < -0.3 is 15.2 Å². The first-order valence-corrected chi connectivity index (χ1v) is 6.26. The Morgan fingerprint density at radius 1 is 1.19 bits per heavy atom. The molecule has 1 rings (SSSR count). The number of halogens is 3. The summed E-state index contributed by atoms with van der Waals surface area (Å²) in [4.78, 5) is 11.8. The molecule has 2 N–H and O–H groups in total. The van der Waals surface area contributed by atoms with Crippen LogP contribution < -0.4 is 10.5 Å². The zero-order valence-corrected chi connectivity index (χ0v) is 12.0.